The van der Waals surface area contributed by atoms with E-state index in [1.165, 1.54) is 11.9 Å². The molecule has 1 fully saturated rings. The van der Waals surface area contributed by atoms with Gasteiger partial charge in [0.25, 0.3) is 5.91 Å². The Hall–Kier alpha value is -2.32. The molecule has 1 aliphatic rings. The lowest BCUT2D eigenvalue weighted by Crippen LogP contribution is -2.29. The molecule has 9 heteroatoms. The minimum atomic E-state index is -4.53. The molecule has 1 saturated heterocycles. The number of H-pyrrole nitrogens is 1. The van der Waals surface area contributed by atoms with Crippen molar-refractivity contribution in [3.63, 3.8) is 0 Å². The first kappa shape index (κ1) is 15.6. The van der Waals surface area contributed by atoms with E-state index in [9.17, 15) is 18.0 Å². The summed E-state index contributed by atoms with van der Waals surface area (Å²) in [6.07, 6.45) is -2.09. The van der Waals surface area contributed by atoms with E-state index < -0.39 is 17.8 Å². The summed E-state index contributed by atoms with van der Waals surface area (Å²) in [7, 11) is 1.18. The summed E-state index contributed by atoms with van der Waals surface area (Å²) in [5.74, 6) is 0.384. The molecule has 0 spiro atoms. The minimum absolute atomic E-state index is 0.0680. The fourth-order valence-electron chi connectivity index (χ4n) is 2.81. The molecule has 1 aliphatic heterocycles. The van der Waals surface area contributed by atoms with Crippen LogP contribution in [-0.4, -0.2) is 43.6 Å². The quantitative estimate of drug-likeness (QED) is 0.918. The number of imidazole rings is 1. The summed E-state index contributed by atoms with van der Waals surface area (Å²) >= 11 is 0. The number of amides is 1. The Morgan fingerprint density at radius 1 is 1.43 bits per heavy atom. The van der Waals surface area contributed by atoms with Gasteiger partial charge in [-0.2, -0.15) is 18.3 Å². The van der Waals surface area contributed by atoms with Crippen molar-refractivity contribution in [2.45, 2.75) is 25.4 Å². The molecule has 124 valence electrons. The van der Waals surface area contributed by atoms with Crippen molar-refractivity contribution >= 4 is 5.91 Å². The zero-order chi connectivity index (χ0) is 16.8. The highest BCUT2D eigenvalue weighted by Crippen LogP contribution is 2.30. The van der Waals surface area contributed by atoms with Gasteiger partial charge in [-0.05, 0) is 13.3 Å². The number of rotatable bonds is 2. The maximum Gasteiger partial charge on any atom is 0.433 e. The maximum absolute atomic E-state index is 12.8. The first-order valence-corrected chi connectivity index (χ1v) is 7.17. The van der Waals surface area contributed by atoms with E-state index in [1.807, 2.05) is 6.92 Å². The monoisotopic (exact) mass is 327 g/mol. The first-order valence-electron chi connectivity index (χ1n) is 7.17. The summed E-state index contributed by atoms with van der Waals surface area (Å²) in [6.45, 7) is 2.78. The zero-order valence-corrected chi connectivity index (χ0v) is 12.7. The van der Waals surface area contributed by atoms with Crippen molar-refractivity contribution in [1.29, 1.82) is 0 Å². The summed E-state index contributed by atoms with van der Waals surface area (Å²) in [5.41, 5.74) is -0.182. The van der Waals surface area contributed by atoms with Gasteiger partial charge in [0.05, 0.1) is 0 Å². The van der Waals surface area contributed by atoms with E-state index >= 15 is 0 Å². The van der Waals surface area contributed by atoms with E-state index in [0.717, 1.165) is 24.0 Å². The molecule has 23 heavy (non-hydrogen) atoms. The van der Waals surface area contributed by atoms with E-state index in [4.69, 9.17) is 0 Å². The molecule has 2 aromatic rings. The third-order valence-corrected chi connectivity index (χ3v) is 3.97. The number of carbonyl (C=O) groups is 1. The molecule has 1 amide bonds. The van der Waals surface area contributed by atoms with E-state index in [0.29, 0.717) is 17.8 Å². The van der Waals surface area contributed by atoms with Crippen LogP contribution in [0.3, 0.4) is 0 Å². The van der Waals surface area contributed by atoms with Gasteiger partial charge in [0.1, 0.15) is 11.5 Å². The standard InChI is InChI=1S/C14H16F3N5O/c1-8-6-18-12(19-8)9-3-4-22(7-9)13(23)10-5-11(14(15,16)17)21(2)20-10/h5-6,9H,3-4,7H2,1-2H3,(H,18,19)/t9-/m0/s1. The molecule has 3 rings (SSSR count). The van der Waals surface area contributed by atoms with Crippen LogP contribution in [-0.2, 0) is 13.2 Å². The lowest BCUT2D eigenvalue weighted by molar-refractivity contribution is -0.143. The average Bonchev–Trinajstić information content (AvgIpc) is 3.15. The number of aryl methyl sites for hydroxylation is 2. The van der Waals surface area contributed by atoms with E-state index in [2.05, 4.69) is 15.1 Å². The van der Waals surface area contributed by atoms with Gasteiger partial charge < -0.3 is 9.88 Å². The molecule has 3 heterocycles. The molecule has 6 nitrogen and oxygen atoms in total. The number of alkyl halides is 3. The van der Waals surface area contributed by atoms with Gasteiger partial charge in [-0.15, -0.1) is 0 Å². The van der Waals surface area contributed by atoms with Crippen LogP contribution < -0.4 is 0 Å². The van der Waals surface area contributed by atoms with Crippen LogP contribution >= 0.6 is 0 Å². The molecular formula is C14H16F3N5O. The molecule has 1 atom stereocenters. The number of nitrogens with one attached hydrogen (secondary N) is 1. The van der Waals surface area contributed by atoms with Crippen LogP contribution in [0.15, 0.2) is 12.3 Å². The highest BCUT2D eigenvalue weighted by molar-refractivity contribution is 5.92. The van der Waals surface area contributed by atoms with Crippen molar-refractivity contribution in [3.05, 3.63) is 35.2 Å². The van der Waals surface area contributed by atoms with Crippen molar-refractivity contribution in [3.8, 4) is 0 Å². The van der Waals surface area contributed by atoms with Crippen molar-refractivity contribution < 1.29 is 18.0 Å². The molecule has 0 saturated carbocycles. The van der Waals surface area contributed by atoms with Crippen LogP contribution in [0.1, 0.15) is 40.0 Å². The largest absolute Gasteiger partial charge is 0.433 e. The molecule has 2 aromatic heterocycles. The summed E-state index contributed by atoms with van der Waals surface area (Å²) in [5, 5.41) is 3.71. The maximum atomic E-state index is 12.8. The van der Waals surface area contributed by atoms with Crippen molar-refractivity contribution in [2.24, 2.45) is 7.05 Å². The third kappa shape index (κ3) is 2.95. The lowest BCUT2D eigenvalue weighted by atomic mass is 10.1. The highest BCUT2D eigenvalue weighted by Gasteiger charge is 2.37. The summed E-state index contributed by atoms with van der Waals surface area (Å²) in [6, 6.07) is 0.798. The number of nitrogens with zero attached hydrogens (tertiary/aromatic N) is 4. The highest BCUT2D eigenvalue weighted by atomic mass is 19.4. The van der Waals surface area contributed by atoms with Gasteiger partial charge in [0, 0.05) is 44.0 Å². The predicted molar refractivity (Wildman–Crippen MR) is 74.8 cm³/mol. The van der Waals surface area contributed by atoms with Crippen LogP contribution in [0.25, 0.3) is 0 Å². The topological polar surface area (TPSA) is 66.8 Å². The van der Waals surface area contributed by atoms with Gasteiger partial charge in [-0.25, -0.2) is 4.98 Å². The number of hydrogen-bond acceptors (Lipinski definition) is 3. The lowest BCUT2D eigenvalue weighted by Gasteiger charge is -2.14. The van der Waals surface area contributed by atoms with E-state index in [-0.39, 0.29) is 11.6 Å². The smallest absolute Gasteiger partial charge is 0.346 e. The van der Waals surface area contributed by atoms with Gasteiger partial charge in [0.2, 0.25) is 0 Å². The van der Waals surface area contributed by atoms with Gasteiger partial charge >= 0.3 is 6.18 Å². The molecular weight excluding hydrogens is 311 g/mol. The number of aromatic nitrogens is 4. The van der Waals surface area contributed by atoms with Crippen LogP contribution in [0, 0.1) is 6.92 Å². The summed E-state index contributed by atoms with van der Waals surface area (Å²) in [4.78, 5) is 21.3. The van der Waals surface area contributed by atoms with Crippen LogP contribution in [0.5, 0.6) is 0 Å². The Morgan fingerprint density at radius 2 is 2.17 bits per heavy atom. The fraction of sp³-hybridized carbons (Fsp3) is 0.500. The third-order valence-electron chi connectivity index (χ3n) is 3.97. The van der Waals surface area contributed by atoms with Gasteiger partial charge in [-0.3, -0.25) is 9.48 Å². The average molecular weight is 327 g/mol. The SMILES string of the molecule is Cc1cnc([C@H]2CCN(C(=O)c3cc(C(F)(F)F)n(C)n3)C2)[nH]1. The second-order valence-electron chi connectivity index (χ2n) is 5.72. The molecule has 0 radical (unpaired) electrons. The number of hydrogen-bond donors (Lipinski definition) is 1. The first-order chi connectivity index (χ1) is 10.8. The molecule has 0 bridgehead atoms. The second kappa shape index (κ2) is 5.39. The van der Waals surface area contributed by atoms with E-state index in [1.54, 1.807) is 6.20 Å². The second-order valence-corrected chi connectivity index (χ2v) is 5.72. The predicted octanol–water partition coefficient (Wildman–Crippen LogP) is 2.10. The van der Waals surface area contributed by atoms with Crippen LogP contribution in [0.4, 0.5) is 13.2 Å². The molecule has 0 aromatic carbocycles. The van der Waals surface area contributed by atoms with Crippen molar-refractivity contribution in [2.75, 3.05) is 13.1 Å². The Morgan fingerprint density at radius 3 is 2.74 bits per heavy atom. The van der Waals surface area contributed by atoms with Gasteiger partial charge in [0.15, 0.2) is 5.69 Å². The number of aromatic amines is 1. The molecule has 0 aliphatic carbocycles. The number of likely N-dealkylation sites (tertiary alicyclic amines) is 1. The summed E-state index contributed by atoms with van der Waals surface area (Å²) < 4.78 is 39.1. The van der Waals surface area contributed by atoms with Crippen molar-refractivity contribution in [1.82, 2.24) is 24.6 Å². The molecule has 0 unspecified atom stereocenters. The van der Waals surface area contributed by atoms with Crippen LogP contribution in [0.2, 0.25) is 0 Å². The fourth-order valence-corrected chi connectivity index (χ4v) is 2.81. The Balaban J connectivity index is 1.75. The number of halogens is 3. The normalized spacial score (nSPS) is 18.7. The zero-order valence-electron chi connectivity index (χ0n) is 12.7. The minimum Gasteiger partial charge on any atom is -0.346 e. The Kier molecular flexibility index (Phi) is 3.65. The van der Waals surface area contributed by atoms with Gasteiger partial charge in [-0.1, -0.05) is 0 Å². The molecule has 1 N–H and O–H groups in total. The Bertz CT molecular complexity index is 733. The Labute approximate surface area is 130 Å². The number of carbonyl (C=O) groups excluding carboxylic acids is 1.